The van der Waals surface area contributed by atoms with Crippen molar-refractivity contribution in [2.24, 2.45) is 0 Å². The Balaban J connectivity index is 2.65. The summed E-state index contributed by atoms with van der Waals surface area (Å²) < 4.78 is 0. The number of allylic oxidation sites excluding steroid dienone is 7. The van der Waals surface area contributed by atoms with Crippen LogP contribution in [0.2, 0.25) is 0 Å². The van der Waals surface area contributed by atoms with E-state index in [1.165, 1.54) is 5.57 Å². The van der Waals surface area contributed by atoms with E-state index in [-0.39, 0.29) is 5.38 Å². The highest BCUT2D eigenvalue weighted by molar-refractivity contribution is 6.23. The lowest BCUT2D eigenvalue weighted by Gasteiger charge is -1.99. The van der Waals surface area contributed by atoms with Gasteiger partial charge in [-0.25, -0.2) is 0 Å². The highest BCUT2D eigenvalue weighted by Gasteiger charge is 1.96. The third-order valence-corrected chi connectivity index (χ3v) is 2.28. The molecule has 0 nitrogen and oxygen atoms in total. The molecular formula is C12H15Cl. The summed E-state index contributed by atoms with van der Waals surface area (Å²) in [7, 11) is 0. The maximum Gasteiger partial charge on any atom is 0.0699 e. The molecule has 13 heavy (non-hydrogen) atoms. The van der Waals surface area contributed by atoms with E-state index in [4.69, 9.17) is 11.6 Å². The van der Waals surface area contributed by atoms with Crippen molar-refractivity contribution >= 4 is 11.6 Å². The average molecular weight is 195 g/mol. The van der Waals surface area contributed by atoms with Crippen LogP contribution in [0.3, 0.4) is 0 Å². The molecule has 1 aliphatic carbocycles. The van der Waals surface area contributed by atoms with E-state index in [1.807, 2.05) is 24.3 Å². The minimum absolute atomic E-state index is 0.0410. The highest BCUT2D eigenvalue weighted by Crippen LogP contribution is 2.14. The average Bonchev–Trinajstić information content (AvgIpc) is 2.20. The first-order chi connectivity index (χ1) is 6.33. The Morgan fingerprint density at radius 2 is 2.38 bits per heavy atom. The van der Waals surface area contributed by atoms with Gasteiger partial charge in [0.05, 0.1) is 5.38 Å². The van der Waals surface area contributed by atoms with Gasteiger partial charge in [0.1, 0.15) is 0 Å². The lowest BCUT2D eigenvalue weighted by Crippen LogP contribution is -1.83. The summed E-state index contributed by atoms with van der Waals surface area (Å²) in [5, 5.41) is 0.0410. The van der Waals surface area contributed by atoms with Crippen LogP contribution in [0.25, 0.3) is 0 Å². The van der Waals surface area contributed by atoms with Crippen LogP contribution in [0.15, 0.2) is 48.6 Å². The van der Waals surface area contributed by atoms with Gasteiger partial charge in [0.2, 0.25) is 0 Å². The molecule has 0 aromatic heterocycles. The van der Waals surface area contributed by atoms with Gasteiger partial charge >= 0.3 is 0 Å². The lowest BCUT2D eigenvalue weighted by molar-refractivity contribution is 0.940. The van der Waals surface area contributed by atoms with E-state index in [0.717, 1.165) is 19.3 Å². The van der Waals surface area contributed by atoms with Crippen LogP contribution in [-0.4, -0.2) is 5.38 Å². The van der Waals surface area contributed by atoms with Crippen LogP contribution in [-0.2, 0) is 0 Å². The monoisotopic (exact) mass is 194 g/mol. The van der Waals surface area contributed by atoms with Crippen molar-refractivity contribution < 1.29 is 0 Å². The summed E-state index contributed by atoms with van der Waals surface area (Å²) in [6, 6.07) is 0. The van der Waals surface area contributed by atoms with Crippen molar-refractivity contribution in [1.29, 1.82) is 0 Å². The molecule has 0 fully saturated rings. The topological polar surface area (TPSA) is 0 Å². The summed E-state index contributed by atoms with van der Waals surface area (Å²) in [5.74, 6) is 0. The van der Waals surface area contributed by atoms with Crippen LogP contribution in [0, 0.1) is 0 Å². The molecule has 0 aromatic rings. The first kappa shape index (κ1) is 10.3. The maximum absolute atomic E-state index is 5.97. The standard InChI is InChI=1S/C12H15Cl/c1-2-6-11-7-3-4-9-12(13)10-5-8-11/h2,4-5,8-10,12H,1,3,6-7H2/b9-4-,10-5?,11-8-. The van der Waals surface area contributed by atoms with Crippen molar-refractivity contribution in [3.05, 3.63) is 48.6 Å². The Morgan fingerprint density at radius 1 is 1.54 bits per heavy atom. The molecule has 1 heteroatoms. The first-order valence-corrected chi connectivity index (χ1v) is 5.04. The molecule has 1 aliphatic rings. The second-order valence-corrected chi connectivity index (χ2v) is 3.62. The molecule has 0 aliphatic heterocycles. The normalized spacial score (nSPS) is 29.3. The Morgan fingerprint density at radius 3 is 3.15 bits per heavy atom. The fourth-order valence-corrected chi connectivity index (χ4v) is 1.48. The zero-order valence-electron chi connectivity index (χ0n) is 7.75. The Kier molecular flexibility index (Phi) is 4.63. The van der Waals surface area contributed by atoms with E-state index < -0.39 is 0 Å². The number of hydrogen-bond donors (Lipinski definition) is 0. The Bertz CT molecular complexity index is 246. The number of rotatable bonds is 2. The largest absolute Gasteiger partial charge is 0.114 e. The zero-order chi connectivity index (χ0) is 9.52. The predicted octanol–water partition coefficient (Wildman–Crippen LogP) is 4.00. The van der Waals surface area contributed by atoms with Crippen molar-refractivity contribution in [1.82, 2.24) is 0 Å². The van der Waals surface area contributed by atoms with Gasteiger partial charge in [-0.1, -0.05) is 42.0 Å². The SMILES string of the molecule is C=CC/C1=C/C=CC(Cl)/C=C\CC1. The minimum Gasteiger partial charge on any atom is -0.114 e. The zero-order valence-corrected chi connectivity index (χ0v) is 8.50. The van der Waals surface area contributed by atoms with E-state index in [2.05, 4.69) is 18.7 Å². The predicted molar refractivity (Wildman–Crippen MR) is 60.1 cm³/mol. The van der Waals surface area contributed by atoms with Crippen LogP contribution in [0.1, 0.15) is 19.3 Å². The van der Waals surface area contributed by atoms with Gasteiger partial charge in [0.25, 0.3) is 0 Å². The number of alkyl halides is 1. The van der Waals surface area contributed by atoms with Gasteiger partial charge in [-0.15, -0.1) is 18.2 Å². The van der Waals surface area contributed by atoms with Gasteiger partial charge in [-0.05, 0) is 19.3 Å². The Hall–Kier alpha value is -0.750. The molecule has 0 spiro atoms. The molecule has 0 N–H and O–H groups in total. The molecule has 0 amide bonds. The highest BCUT2D eigenvalue weighted by atomic mass is 35.5. The van der Waals surface area contributed by atoms with Crippen molar-refractivity contribution in [2.45, 2.75) is 24.6 Å². The van der Waals surface area contributed by atoms with Crippen LogP contribution >= 0.6 is 11.6 Å². The fourth-order valence-electron chi connectivity index (χ4n) is 1.30. The molecule has 0 heterocycles. The molecular weight excluding hydrogens is 180 g/mol. The lowest BCUT2D eigenvalue weighted by atomic mass is 10.1. The van der Waals surface area contributed by atoms with E-state index in [0.29, 0.717) is 0 Å². The quantitative estimate of drug-likeness (QED) is 0.461. The maximum atomic E-state index is 5.97. The third kappa shape index (κ3) is 4.14. The van der Waals surface area contributed by atoms with E-state index in [9.17, 15) is 0 Å². The van der Waals surface area contributed by atoms with Crippen LogP contribution in [0.4, 0.5) is 0 Å². The van der Waals surface area contributed by atoms with Crippen molar-refractivity contribution in [3.63, 3.8) is 0 Å². The van der Waals surface area contributed by atoms with Gasteiger partial charge in [0, 0.05) is 0 Å². The molecule has 0 bridgehead atoms. The van der Waals surface area contributed by atoms with E-state index in [1.54, 1.807) is 0 Å². The summed E-state index contributed by atoms with van der Waals surface area (Å²) in [5.41, 5.74) is 1.42. The molecule has 1 atom stereocenters. The molecule has 1 rings (SSSR count). The summed E-state index contributed by atoms with van der Waals surface area (Å²) in [4.78, 5) is 0. The molecule has 0 saturated heterocycles. The Labute approximate surface area is 85.3 Å². The van der Waals surface area contributed by atoms with Crippen molar-refractivity contribution in [2.75, 3.05) is 0 Å². The number of hydrogen-bond acceptors (Lipinski definition) is 0. The fraction of sp³-hybridized carbons (Fsp3) is 0.333. The summed E-state index contributed by atoms with van der Waals surface area (Å²) in [6.07, 6.45) is 15.4. The van der Waals surface area contributed by atoms with Crippen molar-refractivity contribution in [3.8, 4) is 0 Å². The van der Waals surface area contributed by atoms with Gasteiger partial charge in [-0.2, -0.15) is 0 Å². The molecule has 0 aromatic carbocycles. The first-order valence-electron chi connectivity index (χ1n) is 4.61. The van der Waals surface area contributed by atoms with Gasteiger partial charge < -0.3 is 0 Å². The minimum atomic E-state index is 0.0410. The summed E-state index contributed by atoms with van der Waals surface area (Å²) >= 11 is 5.97. The number of halogens is 1. The second-order valence-electron chi connectivity index (χ2n) is 3.11. The summed E-state index contributed by atoms with van der Waals surface area (Å²) in [6.45, 7) is 3.74. The molecule has 0 radical (unpaired) electrons. The second kappa shape index (κ2) is 5.82. The van der Waals surface area contributed by atoms with Gasteiger partial charge in [-0.3, -0.25) is 0 Å². The molecule has 1 unspecified atom stereocenters. The van der Waals surface area contributed by atoms with Crippen LogP contribution < -0.4 is 0 Å². The van der Waals surface area contributed by atoms with E-state index >= 15 is 0 Å². The third-order valence-electron chi connectivity index (χ3n) is 1.99. The van der Waals surface area contributed by atoms with Gasteiger partial charge in [0.15, 0.2) is 0 Å². The smallest absolute Gasteiger partial charge is 0.0699 e. The molecule has 0 saturated carbocycles. The van der Waals surface area contributed by atoms with Crippen LogP contribution in [0.5, 0.6) is 0 Å². The molecule has 70 valence electrons.